The normalized spacial score (nSPS) is 23.6. The van der Waals surface area contributed by atoms with Crippen LogP contribution in [0.4, 0.5) is 4.39 Å². The van der Waals surface area contributed by atoms with Gasteiger partial charge >= 0.3 is 0 Å². The Balaban J connectivity index is 2.17. The average molecular weight is 255 g/mol. The highest BCUT2D eigenvalue weighted by atomic mass is 32.2. The van der Waals surface area contributed by atoms with Crippen LogP contribution in [0, 0.1) is 5.82 Å². The van der Waals surface area contributed by atoms with E-state index in [4.69, 9.17) is 5.84 Å². The first-order valence-electron chi connectivity index (χ1n) is 5.72. The second kappa shape index (κ2) is 5.82. The molecule has 0 aromatic heterocycles. The Morgan fingerprint density at radius 2 is 2.18 bits per heavy atom. The van der Waals surface area contributed by atoms with Crippen molar-refractivity contribution >= 4 is 11.8 Å². The average Bonchev–Trinajstić information content (AvgIpc) is 2.35. The summed E-state index contributed by atoms with van der Waals surface area (Å²) in [7, 11) is 2.11. The standard InChI is InChI=1S/C12H18FN3S/c1-16-6-7-17-8-11(16)12(15-14)9-2-4-10(13)5-3-9/h2-5,11-12,15H,6-8,14H2,1H3. The molecule has 0 bridgehead atoms. The Morgan fingerprint density at radius 1 is 1.47 bits per heavy atom. The van der Waals surface area contributed by atoms with Crippen molar-refractivity contribution < 1.29 is 4.39 Å². The van der Waals surface area contributed by atoms with Crippen molar-refractivity contribution in [1.29, 1.82) is 0 Å². The zero-order chi connectivity index (χ0) is 12.3. The number of hydrogen-bond donors (Lipinski definition) is 2. The molecule has 0 spiro atoms. The number of rotatable bonds is 3. The van der Waals surface area contributed by atoms with Gasteiger partial charge in [0.1, 0.15) is 5.82 Å². The van der Waals surface area contributed by atoms with E-state index in [2.05, 4.69) is 17.4 Å². The third-order valence-electron chi connectivity index (χ3n) is 3.24. The Kier molecular flexibility index (Phi) is 4.39. The first kappa shape index (κ1) is 12.8. The molecule has 0 aliphatic carbocycles. The van der Waals surface area contributed by atoms with Gasteiger partial charge in [-0.1, -0.05) is 12.1 Å². The fourth-order valence-corrected chi connectivity index (χ4v) is 3.43. The summed E-state index contributed by atoms with van der Waals surface area (Å²) in [6.45, 7) is 1.06. The molecule has 2 atom stereocenters. The lowest BCUT2D eigenvalue weighted by molar-refractivity contribution is 0.216. The molecule has 17 heavy (non-hydrogen) atoms. The molecule has 5 heteroatoms. The summed E-state index contributed by atoms with van der Waals surface area (Å²) < 4.78 is 12.9. The lowest BCUT2D eigenvalue weighted by atomic mass is 10.00. The molecule has 0 saturated carbocycles. The largest absolute Gasteiger partial charge is 0.300 e. The summed E-state index contributed by atoms with van der Waals surface area (Å²) in [5.74, 6) is 7.65. The van der Waals surface area contributed by atoms with Crippen LogP contribution in [0.25, 0.3) is 0 Å². The molecule has 1 saturated heterocycles. The van der Waals surface area contributed by atoms with Gasteiger partial charge in [-0.25, -0.2) is 4.39 Å². The zero-order valence-corrected chi connectivity index (χ0v) is 10.7. The SMILES string of the molecule is CN1CCSCC1C(NN)c1ccc(F)cc1. The van der Waals surface area contributed by atoms with Crippen LogP contribution in [0.15, 0.2) is 24.3 Å². The minimum absolute atomic E-state index is 0.0494. The number of nitrogens with one attached hydrogen (secondary N) is 1. The van der Waals surface area contributed by atoms with Crippen LogP contribution < -0.4 is 11.3 Å². The summed E-state index contributed by atoms with van der Waals surface area (Å²) in [5.41, 5.74) is 3.90. The van der Waals surface area contributed by atoms with Gasteiger partial charge in [0, 0.05) is 24.1 Å². The molecule has 2 unspecified atom stereocenters. The molecule has 94 valence electrons. The van der Waals surface area contributed by atoms with E-state index in [1.165, 1.54) is 12.1 Å². The van der Waals surface area contributed by atoms with Crippen LogP contribution in [0.1, 0.15) is 11.6 Å². The highest BCUT2D eigenvalue weighted by Crippen LogP contribution is 2.26. The Labute approximate surface area is 106 Å². The van der Waals surface area contributed by atoms with Gasteiger partial charge in [-0.3, -0.25) is 16.2 Å². The van der Waals surface area contributed by atoms with E-state index in [1.807, 2.05) is 11.8 Å². The number of halogens is 1. The maximum atomic E-state index is 12.9. The second-order valence-electron chi connectivity index (χ2n) is 4.32. The monoisotopic (exact) mass is 255 g/mol. The third-order valence-corrected chi connectivity index (χ3v) is 4.29. The maximum absolute atomic E-state index is 12.9. The van der Waals surface area contributed by atoms with Crippen molar-refractivity contribution in [2.24, 2.45) is 5.84 Å². The Hall–Kier alpha value is -0.620. The summed E-state index contributed by atoms with van der Waals surface area (Å²) in [4.78, 5) is 2.31. The summed E-state index contributed by atoms with van der Waals surface area (Å²) in [5, 5.41) is 0. The fraction of sp³-hybridized carbons (Fsp3) is 0.500. The van der Waals surface area contributed by atoms with Crippen molar-refractivity contribution in [1.82, 2.24) is 10.3 Å². The van der Waals surface area contributed by atoms with E-state index < -0.39 is 0 Å². The van der Waals surface area contributed by atoms with Gasteiger partial charge in [-0.2, -0.15) is 11.8 Å². The smallest absolute Gasteiger partial charge is 0.123 e. The number of hydrogen-bond acceptors (Lipinski definition) is 4. The molecule has 1 aromatic rings. The number of nitrogens with two attached hydrogens (primary N) is 1. The third kappa shape index (κ3) is 2.98. The second-order valence-corrected chi connectivity index (χ2v) is 5.47. The van der Waals surface area contributed by atoms with Gasteiger partial charge < -0.3 is 0 Å². The lowest BCUT2D eigenvalue weighted by Gasteiger charge is -2.37. The van der Waals surface area contributed by atoms with E-state index in [9.17, 15) is 4.39 Å². The van der Waals surface area contributed by atoms with Gasteiger partial charge in [0.15, 0.2) is 0 Å². The van der Waals surface area contributed by atoms with E-state index >= 15 is 0 Å². The van der Waals surface area contributed by atoms with Gasteiger partial charge in [0.25, 0.3) is 0 Å². The van der Waals surface area contributed by atoms with Crippen molar-refractivity contribution in [2.75, 3.05) is 25.1 Å². The molecule has 3 nitrogen and oxygen atoms in total. The molecule has 1 fully saturated rings. The maximum Gasteiger partial charge on any atom is 0.123 e. The molecule has 2 rings (SSSR count). The molecular weight excluding hydrogens is 237 g/mol. The first-order chi connectivity index (χ1) is 8.22. The van der Waals surface area contributed by atoms with Crippen LogP contribution in [-0.2, 0) is 0 Å². The fourth-order valence-electron chi connectivity index (χ4n) is 2.16. The summed E-state index contributed by atoms with van der Waals surface area (Å²) >= 11 is 1.94. The van der Waals surface area contributed by atoms with Gasteiger partial charge in [-0.15, -0.1) is 0 Å². The van der Waals surface area contributed by atoms with Crippen LogP contribution in [0.5, 0.6) is 0 Å². The number of thioether (sulfide) groups is 1. The van der Waals surface area contributed by atoms with Crippen LogP contribution >= 0.6 is 11.8 Å². The van der Waals surface area contributed by atoms with Crippen LogP contribution in [-0.4, -0.2) is 36.0 Å². The molecular formula is C12H18FN3S. The lowest BCUT2D eigenvalue weighted by Crippen LogP contribution is -2.49. The Morgan fingerprint density at radius 3 is 2.76 bits per heavy atom. The van der Waals surface area contributed by atoms with Crippen molar-refractivity contribution in [3.63, 3.8) is 0 Å². The molecule has 1 heterocycles. The Bertz CT molecular complexity index is 357. The zero-order valence-electron chi connectivity index (χ0n) is 9.90. The van der Waals surface area contributed by atoms with E-state index in [-0.39, 0.29) is 11.9 Å². The molecule has 1 aliphatic rings. The number of nitrogens with zero attached hydrogens (tertiary/aromatic N) is 1. The van der Waals surface area contributed by atoms with E-state index in [0.717, 1.165) is 23.6 Å². The molecule has 1 aromatic carbocycles. The van der Waals surface area contributed by atoms with E-state index in [0.29, 0.717) is 6.04 Å². The van der Waals surface area contributed by atoms with Crippen molar-refractivity contribution in [3.05, 3.63) is 35.6 Å². The van der Waals surface area contributed by atoms with Crippen LogP contribution in [0.3, 0.4) is 0 Å². The minimum Gasteiger partial charge on any atom is -0.300 e. The highest BCUT2D eigenvalue weighted by molar-refractivity contribution is 7.99. The quantitative estimate of drug-likeness (QED) is 0.632. The van der Waals surface area contributed by atoms with Crippen molar-refractivity contribution in [3.8, 4) is 0 Å². The van der Waals surface area contributed by atoms with Gasteiger partial charge in [0.2, 0.25) is 0 Å². The number of likely N-dealkylation sites (N-methyl/N-ethyl adjacent to an activating group) is 1. The topological polar surface area (TPSA) is 41.3 Å². The van der Waals surface area contributed by atoms with Crippen LogP contribution in [0.2, 0.25) is 0 Å². The summed E-state index contributed by atoms with van der Waals surface area (Å²) in [6, 6.07) is 6.96. The molecule has 1 aliphatic heterocycles. The number of hydrazine groups is 1. The van der Waals surface area contributed by atoms with Crippen molar-refractivity contribution in [2.45, 2.75) is 12.1 Å². The minimum atomic E-state index is -0.212. The highest BCUT2D eigenvalue weighted by Gasteiger charge is 2.28. The van der Waals surface area contributed by atoms with E-state index in [1.54, 1.807) is 12.1 Å². The molecule has 3 N–H and O–H groups in total. The predicted octanol–water partition coefficient (Wildman–Crippen LogP) is 1.38. The summed E-state index contributed by atoms with van der Waals surface area (Å²) in [6.07, 6.45) is 0. The molecule has 0 amide bonds. The molecule has 0 radical (unpaired) electrons. The number of benzene rings is 1. The van der Waals surface area contributed by atoms with Gasteiger partial charge in [-0.05, 0) is 24.7 Å². The predicted molar refractivity (Wildman–Crippen MR) is 70.2 cm³/mol. The van der Waals surface area contributed by atoms with Gasteiger partial charge in [0.05, 0.1) is 6.04 Å². The first-order valence-corrected chi connectivity index (χ1v) is 6.87.